The monoisotopic (exact) mass is 878 g/mol. The van der Waals surface area contributed by atoms with Crippen LogP contribution in [0, 0.1) is 0 Å². The second kappa shape index (κ2) is 13.8. The first kappa shape index (κ1) is 39.0. The van der Waals surface area contributed by atoms with Crippen LogP contribution in [0.25, 0.3) is 73.4 Å². The van der Waals surface area contributed by atoms with E-state index in [2.05, 4.69) is 126 Å². The predicted octanol–water partition coefficient (Wildman–Crippen LogP) is 15.4. The van der Waals surface area contributed by atoms with E-state index < -0.39 is 23.1 Å². The Hall–Kier alpha value is -5.90. The van der Waals surface area contributed by atoms with Crippen molar-refractivity contribution in [3.63, 3.8) is 0 Å². The molecule has 0 unspecified atom stereocenters. The molecule has 4 nitrogen and oxygen atoms in total. The van der Waals surface area contributed by atoms with Crippen LogP contribution in [0.2, 0.25) is 0 Å². The van der Waals surface area contributed by atoms with Crippen molar-refractivity contribution in [1.82, 2.24) is 0 Å². The largest absolute Gasteiger partial charge is 0.288 e. The summed E-state index contributed by atoms with van der Waals surface area (Å²) in [6.45, 7) is 13.4. The summed E-state index contributed by atoms with van der Waals surface area (Å²) in [5.41, 5.74) is 5.90. The van der Waals surface area contributed by atoms with Crippen molar-refractivity contribution in [2.45, 2.75) is 52.4 Å². The van der Waals surface area contributed by atoms with E-state index in [0.717, 1.165) is 40.7 Å². The van der Waals surface area contributed by atoms with Gasteiger partial charge >= 0.3 is 0 Å². The Morgan fingerprint density at radius 1 is 0.371 bits per heavy atom. The van der Waals surface area contributed by atoms with Crippen molar-refractivity contribution < 1.29 is 19.2 Å². The molecule has 0 N–H and O–H groups in total. The molecule has 0 saturated heterocycles. The number of ketones is 4. The summed E-state index contributed by atoms with van der Waals surface area (Å²) in [7, 11) is 0. The maximum absolute atomic E-state index is 13.9. The summed E-state index contributed by atoms with van der Waals surface area (Å²) in [6, 6.07) is 37.3. The summed E-state index contributed by atoms with van der Waals surface area (Å²) >= 11 is 6.59. The Kier molecular flexibility index (Phi) is 8.68. The third kappa shape index (κ3) is 6.26. The van der Waals surface area contributed by atoms with Crippen LogP contribution >= 0.6 is 45.3 Å². The molecule has 5 aromatic carbocycles. The molecule has 0 saturated carbocycles. The molecule has 8 heteroatoms. The highest BCUT2D eigenvalue weighted by atomic mass is 32.1. The van der Waals surface area contributed by atoms with Gasteiger partial charge in [-0.1, -0.05) is 90.1 Å². The Bertz CT molecular complexity index is 3170. The molecule has 0 spiro atoms. The Balaban J connectivity index is 0.862. The molecule has 0 fully saturated rings. The minimum absolute atomic E-state index is 0.0146. The van der Waals surface area contributed by atoms with Gasteiger partial charge in [-0.25, -0.2) is 0 Å². The third-order valence-corrected chi connectivity index (χ3v) is 16.4. The first-order valence-corrected chi connectivity index (χ1v) is 23.8. The van der Waals surface area contributed by atoms with Crippen LogP contribution in [0.5, 0.6) is 0 Å². The summed E-state index contributed by atoms with van der Waals surface area (Å²) < 4.78 is 4.47. The van der Waals surface area contributed by atoms with E-state index in [1.165, 1.54) is 76.2 Å². The number of Topliss-reactive ketones (excluding diaryl/α,β-unsaturated/α-hetero) is 4. The summed E-state index contributed by atoms with van der Waals surface area (Å²) in [6.07, 6.45) is 3.32. The van der Waals surface area contributed by atoms with Crippen molar-refractivity contribution >= 4 is 121 Å². The number of hydrogen-bond acceptors (Lipinski definition) is 8. The first-order valence-electron chi connectivity index (χ1n) is 20.5. The standard InChI is InChI=1S/C54H38O4S4/c1-53(2,3)41-13-9-7-11-33(41)47-21-29-19-43-27(17-45(29)61-47)15-31(59-43)23-39-49(55)35-25-37-38(26-36(35)50(39)56)52(58)40(51(37)57)24-32-16-28-18-46-30(20-44(28)60-32)22-48(62-46)34-12-8-10-14-42(34)54(4,5)6/h7-26H,1-6H3. The average Bonchev–Trinajstić information content (AvgIpc) is 4.09. The van der Waals surface area contributed by atoms with Crippen LogP contribution in [0.4, 0.5) is 0 Å². The van der Waals surface area contributed by atoms with Crippen LogP contribution in [-0.4, -0.2) is 23.1 Å². The summed E-state index contributed by atoms with van der Waals surface area (Å²) in [4.78, 5) is 59.5. The number of benzene rings is 5. The number of allylic oxidation sites excluding steroid dienone is 2. The fourth-order valence-electron chi connectivity index (χ4n) is 8.98. The van der Waals surface area contributed by atoms with E-state index >= 15 is 0 Å². The van der Waals surface area contributed by atoms with E-state index in [9.17, 15) is 19.2 Å². The average molecular weight is 879 g/mol. The van der Waals surface area contributed by atoms with Crippen LogP contribution < -0.4 is 0 Å². The Labute approximate surface area is 374 Å². The van der Waals surface area contributed by atoms with Gasteiger partial charge in [0.2, 0.25) is 0 Å². The summed E-state index contributed by atoms with van der Waals surface area (Å²) in [5.74, 6) is -1.72. The van der Waals surface area contributed by atoms with Gasteiger partial charge in [-0.2, -0.15) is 0 Å². The second-order valence-electron chi connectivity index (χ2n) is 18.3. The van der Waals surface area contributed by atoms with E-state index in [1.54, 1.807) is 34.8 Å². The van der Waals surface area contributed by atoms with Gasteiger partial charge in [0.25, 0.3) is 0 Å². The van der Waals surface area contributed by atoms with Gasteiger partial charge in [0.05, 0.1) is 11.1 Å². The Morgan fingerprint density at radius 3 is 1.05 bits per heavy atom. The van der Waals surface area contributed by atoms with Crippen LogP contribution in [0.15, 0.2) is 120 Å². The molecule has 2 aliphatic rings. The highest BCUT2D eigenvalue weighted by Crippen LogP contribution is 2.45. The fourth-order valence-corrected chi connectivity index (χ4v) is 13.3. The SMILES string of the molecule is CC(C)(C)c1ccccc1-c1cc2cc3sc(C=C4C(=O)c5cc6c(cc5C4=O)C(=O)C(=Cc4cc5cc7sc(-c8ccccc8C(C)(C)C)cc7cc5s4)C6=O)cc3cc2s1. The van der Waals surface area contributed by atoms with Crippen molar-refractivity contribution in [3.8, 4) is 20.9 Å². The lowest BCUT2D eigenvalue weighted by Gasteiger charge is -2.22. The Morgan fingerprint density at radius 2 is 0.694 bits per heavy atom. The van der Waals surface area contributed by atoms with E-state index in [0.29, 0.717) is 0 Å². The maximum Gasteiger partial charge on any atom is 0.197 e. The zero-order valence-electron chi connectivity index (χ0n) is 34.8. The van der Waals surface area contributed by atoms with Gasteiger partial charge in [-0.3, -0.25) is 19.2 Å². The van der Waals surface area contributed by atoms with Gasteiger partial charge in [-0.15, -0.1) is 45.3 Å². The van der Waals surface area contributed by atoms with Gasteiger partial charge in [-0.05, 0) is 127 Å². The van der Waals surface area contributed by atoms with Gasteiger partial charge in [0.1, 0.15) is 0 Å². The molecule has 0 amide bonds. The molecule has 62 heavy (non-hydrogen) atoms. The number of thiophene rings is 4. The fraction of sp³-hybridized carbons (Fsp3) is 0.148. The quantitative estimate of drug-likeness (QED) is 0.130. The van der Waals surface area contributed by atoms with Gasteiger partial charge in [0, 0.05) is 60.6 Å². The molecular formula is C54H38O4S4. The molecule has 2 aliphatic carbocycles. The smallest absolute Gasteiger partial charge is 0.197 e. The van der Waals surface area contributed by atoms with Crippen molar-refractivity contribution in [2.75, 3.05) is 0 Å². The molecule has 4 aromatic heterocycles. The molecule has 0 aliphatic heterocycles. The number of rotatable bonds is 4. The zero-order valence-corrected chi connectivity index (χ0v) is 38.1. The number of carbonyl (C=O) groups is 4. The zero-order chi connectivity index (χ0) is 43.0. The lowest BCUT2D eigenvalue weighted by molar-refractivity contribution is 0.0978. The first-order chi connectivity index (χ1) is 29.6. The molecule has 0 bridgehead atoms. The molecule has 11 rings (SSSR count). The number of carbonyl (C=O) groups excluding carboxylic acids is 4. The van der Waals surface area contributed by atoms with E-state index in [1.807, 2.05) is 12.1 Å². The number of hydrogen-bond donors (Lipinski definition) is 0. The van der Waals surface area contributed by atoms with E-state index in [-0.39, 0.29) is 44.2 Å². The number of fused-ring (bicyclic) bond motifs is 6. The normalized spacial score (nSPS) is 14.4. The molecule has 9 aromatic rings. The highest BCUT2D eigenvalue weighted by Gasteiger charge is 2.40. The molecular weight excluding hydrogens is 841 g/mol. The highest BCUT2D eigenvalue weighted by molar-refractivity contribution is 7.23. The summed E-state index contributed by atoms with van der Waals surface area (Å²) in [5, 5.41) is 4.39. The predicted molar refractivity (Wildman–Crippen MR) is 262 cm³/mol. The second-order valence-corrected chi connectivity index (χ2v) is 22.7. The minimum atomic E-state index is -0.430. The van der Waals surface area contributed by atoms with Gasteiger partial charge in [0.15, 0.2) is 23.1 Å². The van der Waals surface area contributed by atoms with Crippen LogP contribution in [0.1, 0.15) is 104 Å². The minimum Gasteiger partial charge on any atom is -0.288 e. The van der Waals surface area contributed by atoms with Gasteiger partial charge < -0.3 is 0 Å². The third-order valence-electron chi connectivity index (χ3n) is 12.0. The van der Waals surface area contributed by atoms with Crippen molar-refractivity contribution in [2.24, 2.45) is 0 Å². The van der Waals surface area contributed by atoms with Crippen molar-refractivity contribution in [3.05, 3.63) is 163 Å². The molecule has 302 valence electrons. The van der Waals surface area contributed by atoms with Crippen molar-refractivity contribution in [1.29, 1.82) is 0 Å². The molecule has 0 atom stereocenters. The van der Waals surface area contributed by atoms with Crippen LogP contribution in [-0.2, 0) is 10.8 Å². The molecule has 0 radical (unpaired) electrons. The lowest BCUT2D eigenvalue weighted by atomic mass is 9.83. The van der Waals surface area contributed by atoms with E-state index in [4.69, 9.17) is 0 Å². The lowest BCUT2D eigenvalue weighted by Crippen LogP contribution is -2.12. The maximum atomic E-state index is 13.9. The topological polar surface area (TPSA) is 68.3 Å². The van der Waals surface area contributed by atoms with Crippen LogP contribution in [0.3, 0.4) is 0 Å². The molecule has 4 heterocycles.